The van der Waals surface area contributed by atoms with E-state index >= 15 is 0 Å². The maximum atomic E-state index is 10.7. The third-order valence-electron chi connectivity index (χ3n) is 2.46. The third-order valence-corrected chi connectivity index (χ3v) is 2.46. The van der Waals surface area contributed by atoms with Crippen molar-refractivity contribution in [2.45, 2.75) is 19.4 Å². The van der Waals surface area contributed by atoms with Gasteiger partial charge in [0.25, 0.3) is 0 Å². The van der Waals surface area contributed by atoms with Crippen LogP contribution in [0.15, 0.2) is 24.8 Å². The fraction of sp³-hybridized carbons (Fsp3) is 0.250. The quantitative estimate of drug-likeness (QED) is 0.666. The van der Waals surface area contributed by atoms with Crippen molar-refractivity contribution in [2.24, 2.45) is 0 Å². The molecule has 0 saturated carbocycles. The van der Waals surface area contributed by atoms with Gasteiger partial charge in [-0.15, -0.1) is 0 Å². The van der Waals surface area contributed by atoms with Gasteiger partial charge in [-0.05, 0) is 16.7 Å². The Morgan fingerprint density at radius 3 is 3.00 bits per heavy atom. The molecule has 0 radical (unpaired) electrons. The standard InChI is InChI=1S/C12H12O2/c1-3-9-4-5-11-10(6-9)7-12(11)14-8(2)13/h3-6,12H,1,7H2,2H3. The van der Waals surface area contributed by atoms with Crippen LogP contribution in [-0.4, -0.2) is 5.97 Å². The van der Waals surface area contributed by atoms with Crippen molar-refractivity contribution in [1.29, 1.82) is 0 Å². The largest absolute Gasteiger partial charge is 0.457 e. The van der Waals surface area contributed by atoms with Crippen LogP contribution < -0.4 is 0 Å². The normalized spacial score (nSPS) is 17.9. The van der Waals surface area contributed by atoms with E-state index in [0.29, 0.717) is 0 Å². The van der Waals surface area contributed by atoms with E-state index in [-0.39, 0.29) is 12.1 Å². The zero-order valence-corrected chi connectivity index (χ0v) is 8.12. The Morgan fingerprint density at radius 1 is 1.64 bits per heavy atom. The maximum absolute atomic E-state index is 10.7. The van der Waals surface area contributed by atoms with Crippen LogP contribution in [0, 0.1) is 0 Å². The van der Waals surface area contributed by atoms with Crippen LogP contribution in [0.1, 0.15) is 29.7 Å². The van der Waals surface area contributed by atoms with E-state index in [1.165, 1.54) is 12.5 Å². The van der Waals surface area contributed by atoms with E-state index in [1.54, 1.807) is 0 Å². The fourth-order valence-electron chi connectivity index (χ4n) is 1.73. The molecule has 0 aromatic heterocycles. The maximum Gasteiger partial charge on any atom is 0.303 e. The summed E-state index contributed by atoms with van der Waals surface area (Å²) < 4.78 is 5.12. The predicted molar refractivity (Wildman–Crippen MR) is 54.7 cm³/mol. The van der Waals surface area contributed by atoms with Crippen LogP contribution in [0.5, 0.6) is 0 Å². The number of benzene rings is 1. The lowest BCUT2D eigenvalue weighted by molar-refractivity contribution is -0.147. The Balaban J connectivity index is 2.19. The van der Waals surface area contributed by atoms with Crippen molar-refractivity contribution in [2.75, 3.05) is 0 Å². The van der Waals surface area contributed by atoms with E-state index in [4.69, 9.17) is 4.74 Å². The molecule has 14 heavy (non-hydrogen) atoms. The summed E-state index contributed by atoms with van der Waals surface area (Å²) in [6.45, 7) is 5.15. The molecule has 1 aliphatic rings. The van der Waals surface area contributed by atoms with Crippen molar-refractivity contribution < 1.29 is 9.53 Å². The molecule has 2 nitrogen and oxygen atoms in total. The van der Waals surface area contributed by atoms with E-state index in [9.17, 15) is 4.79 Å². The fourth-order valence-corrected chi connectivity index (χ4v) is 1.73. The minimum Gasteiger partial charge on any atom is -0.457 e. The van der Waals surface area contributed by atoms with E-state index in [2.05, 4.69) is 12.6 Å². The number of hydrogen-bond acceptors (Lipinski definition) is 2. The second kappa shape index (κ2) is 3.29. The third kappa shape index (κ3) is 1.43. The number of hydrogen-bond donors (Lipinski definition) is 0. The summed E-state index contributed by atoms with van der Waals surface area (Å²) in [5.74, 6) is -0.214. The molecule has 1 aliphatic carbocycles. The van der Waals surface area contributed by atoms with Crippen molar-refractivity contribution in [3.8, 4) is 0 Å². The molecular weight excluding hydrogens is 176 g/mol. The van der Waals surface area contributed by atoms with Crippen molar-refractivity contribution in [1.82, 2.24) is 0 Å². The van der Waals surface area contributed by atoms with Gasteiger partial charge in [0.1, 0.15) is 6.10 Å². The van der Waals surface area contributed by atoms with Crippen LogP contribution in [0.3, 0.4) is 0 Å². The Morgan fingerprint density at radius 2 is 2.43 bits per heavy atom. The van der Waals surface area contributed by atoms with E-state index in [0.717, 1.165) is 17.5 Å². The lowest BCUT2D eigenvalue weighted by Crippen LogP contribution is -2.21. The lowest BCUT2D eigenvalue weighted by Gasteiger charge is -2.29. The molecule has 0 aliphatic heterocycles. The summed E-state index contributed by atoms with van der Waals surface area (Å²) in [4.78, 5) is 10.7. The molecule has 0 N–H and O–H groups in total. The molecule has 0 heterocycles. The van der Waals surface area contributed by atoms with Crippen LogP contribution in [0.25, 0.3) is 6.08 Å². The van der Waals surface area contributed by atoms with Gasteiger partial charge in [0, 0.05) is 13.3 Å². The molecule has 1 aromatic carbocycles. The zero-order valence-electron chi connectivity index (χ0n) is 8.12. The van der Waals surface area contributed by atoms with Gasteiger partial charge in [-0.25, -0.2) is 0 Å². The summed E-state index contributed by atoms with van der Waals surface area (Å²) in [6.07, 6.45) is 2.62. The van der Waals surface area contributed by atoms with Crippen LogP contribution >= 0.6 is 0 Å². The van der Waals surface area contributed by atoms with Crippen LogP contribution in [0.4, 0.5) is 0 Å². The first-order valence-electron chi connectivity index (χ1n) is 4.63. The number of carbonyl (C=O) groups excluding carboxylic acids is 1. The predicted octanol–water partition coefficient (Wildman–Crippen LogP) is 2.49. The highest BCUT2D eigenvalue weighted by Gasteiger charge is 2.28. The molecule has 0 amide bonds. The van der Waals surface area contributed by atoms with Gasteiger partial charge in [-0.1, -0.05) is 30.9 Å². The first-order valence-corrected chi connectivity index (χ1v) is 4.63. The summed E-state index contributed by atoms with van der Waals surface area (Å²) in [7, 11) is 0. The molecule has 0 fully saturated rings. The summed E-state index contributed by atoms with van der Waals surface area (Å²) >= 11 is 0. The molecule has 0 saturated heterocycles. The van der Waals surface area contributed by atoms with Gasteiger partial charge in [0.2, 0.25) is 0 Å². The van der Waals surface area contributed by atoms with Gasteiger partial charge in [-0.2, -0.15) is 0 Å². The molecule has 2 heteroatoms. The minimum atomic E-state index is -0.214. The number of carbonyl (C=O) groups is 1. The van der Waals surface area contributed by atoms with Gasteiger partial charge in [0.15, 0.2) is 0 Å². The zero-order chi connectivity index (χ0) is 10.1. The van der Waals surface area contributed by atoms with Crippen molar-refractivity contribution >= 4 is 12.0 Å². The first kappa shape index (κ1) is 9.00. The average molecular weight is 188 g/mol. The van der Waals surface area contributed by atoms with Crippen molar-refractivity contribution in [3.63, 3.8) is 0 Å². The van der Waals surface area contributed by atoms with Crippen molar-refractivity contribution in [3.05, 3.63) is 41.5 Å². The number of fused-ring (bicyclic) bond motifs is 1. The molecule has 0 bridgehead atoms. The van der Waals surface area contributed by atoms with Gasteiger partial charge < -0.3 is 4.74 Å². The van der Waals surface area contributed by atoms with Gasteiger partial charge in [-0.3, -0.25) is 4.79 Å². The number of rotatable bonds is 2. The Kier molecular flexibility index (Phi) is 2.12. The van der Waals surface area contributed by atoms with Gasteiger partial charge in [0.05, 0.1) is 0 Å². The number of esters is 1. The second-order valence-corrected chi connectivity index (χ2v) is 3.46. The summed E-state index contributed by atoms with van der Waals surface area (Å²) in [5, 5.41) is 0. The van der Waals surface area contributed by atoms with E-state index in [1.807, 2.05) is 18.2 Å². The van der Waals surface area contributed by atoms with Crippen LogP contribution in [0.2, 0.25) is 0 Å². The SMILES string of the molecule is C=Cc1ccc2c(c1)CC2OC(C)=O. The summed E-state index contributed by atoms with van der Waals surface area (Å²) in [5.41, 5.74) is 3.50. The Hall–Kier alpha value is -1.57. The monoisotopic (exact) mass is 188 g/mol. The molecule has 0 spiro atoms. The van der Waals surface area contributed by atoms with Gasteiger partial charge >= 0.3 is 5.97 Å². The topological polar surface area (TPSA) is 26.3 Å². The molecular formula is C12H12O2. The molecule has 1 aromatic rings. The molecule has 72 valence electrons. The number of ether oxygens (including phenoxy) is 1. The smallest absolute Gasteiger partial charge is 0.303 e. The molecule has 1 atom stereocenters. The highest BCUT2D eigenvalue weighted by atomic mass is 16.5. The Bertz CT molecular complexity index is 393. The highest BCUT2D eigenvalue weighted by molar-refractivity contribution is 5.67. The average Bonchev–Trinajstić information content (AvgIpc) is 2.13. The molecule has 1 unspecified atom stereocenters. The first-order chi connectivity index (χ1) is 6.70. The summed E-state index contributed by atoms with van der Waals surface area (Å²) in [6, 6.07) is 6.08. The minimum absolute atomic E-state index is 0.0265. The lowest BCUT2D eigenvalue weighted by atomic mass is 9.84. The van der Waals surface area contributed by atoms with Crippen LogP contribution in [-0.2, 0) is 16.0 Å². The Labute approximate surface area is 83.2 Å². The van der Waals surface area contributed by atoms with E-state index < -0.39 is 0 Å². The highest BCUT2D eigenvalue weighted by Crippen LogP contribution is 2.36. The molecule has 2 rings (SSSR count). The second-order valence-electron chi connectivity index (χ2n) is 3.46.